The lowest BCUT2D eigenvalue weighted by Gasteiger charge is -2.10. The van der Waals surface area contributed by atoms with Gasteiger partial charge in [0.25, 0.3) is 0 Å². The minimum atomic E-state index is 0.533. The van der Waals surface area contributed by atoms with E-state index in [2.05, 4.69) is 105 Å². The van der Waals surface area contributed by atoms with Gasteiger partial charge >= 0.3 is 0 Å². The van der Waals surface area contributed by atoms with E-state index in [4.69, 9.17) is 9.98 Å². The summed E-state index contributed by atoms with van der Waals surface area (Å²) in [6.07, 6.45) is 25.0. The summed E-state index contributed by atoms with van der Waals surface area (Å²) in [5.41, 5.74) is 10.7. The lowest BCUT2D eigenvalue weighted by Crippen LogP contribution is -1.99. The van der Waals surface area contributed by atoms with Gasteiger partial charge in [0.1, 0.15) is 0 Å². The van der Waals surface area contributed by atoms with Crippen molar-refractivity contribution in [2.75, 3.05) is 0 Å². The van der Waals surface area contributed by atoms with Gasteiger partial charge in [-0.25, -0.2) is 9.98 Å². The van der Waals surface area contributed by atoms with Crippen LogP contribution in [0.5, 0.6) is 0 Å². The molecule has 0 atom stereocenters. The number of aromatic nitrogens is 1. The van der Waals surface area contributed by atoms with Gasteiger partial charge < -0.3 is 0 Å². The third-order valence-electron chi connectivity index (χ3n) is 7.88. The van der Waals surface area contributed by atoms with Crippen molar-refractivity contribution in [3.8, 4) is 11.3 Å². The molecule has 0 aliphatic rings. The fraction of sp³-hybridized carbons (Fsp3) is 0.0625. The predicted octanol–water partition coefficient (Wildman–Crippen LogP) is 12.4. The number of nitrogens with zero attached hydrogens (tertiary/aromatic N) is 3. The zero-order valence-electron chi connectivity index (χ0n) is 29.5. The van der Waals surface area contributed by atoms with Gasteiger partial charge in [-0.05, 0) is 83.0 Å². The number of amidine groups is 1. The number of pyridine rings is 1. The maximum absolute atomic E-state index is 4.79. The molecule has 0 saturated carbocycles. The normalized spacial score (nSPS) is 12.8. The fourth-order valence-electron chi connectivity index (χ4n) is 5.25. The molecule has 4 rings (SSSR count). The summed E-state index contributed by atoms with van der Waals surface area (Å²) < 4.78 is 0. The minimum Gasteiger partial charge on any atom is -0.256 e. The van der Waals surface area contributed by atoms with Gasteiger partial charge in [0, 0.05) is 23.5 Å². The van der Waals surface area contributed by atoms with Crippen molar-refractivity contribution in [2.24, 2.45) is 9.98 Å². The van der Waals surface area contributed by atoms with E-state index in [1.807, 2.05) is 92.0 Å². The van der Waals surface area contributed by atoms with Gasteiger partial charge in [-0.2, -0.15) is 0 Å². The summed E-state index contributed by atoms with van der Waals surface area (Å²) in [6.45, 7) is 21.9. The quantitative estimate of drug-likeness (QED) is 0.0668. The van der Waals surface area contributed by atoms with E-state index in [0.29, 0.717) is 11.5 Å². The van der Waals surface area contributed by atoms with Crippen LogP contribution in [0.25, 0.3) is 22.9 Å². The van der Waals surface area contributed by atoms with Crippen LogP contribution in [0.2, 0.25) is 0 Å². The van der Waals surface area contributed by atoms with Crippen LogP contribution in [0.4, 0.5) is 0 Å². The maximum atomic E-state index is 4.79. The standard InChI is InChI=1S/C48H45N3/c1-7-19-41(42(20-8-2)32-30-39-22-11-10-12-23-39)26-18-35-50-48(51-38(6)37(4)5)44-25-17-24-40(36-44)31-33-43(21-9-3)45-27-13-14-28-46(45)47-29-15-16-34-49-47/h7-29,31,33-36H,1-4,6,30,32H2,5H3/b26-18+,33-31+,41-19+,42-20+,43-21+,50-35?,51-48?. The van der Waals surface area contributed by atoms with E-state index >= 15 is 0 Å². The molecule has 3 heteroatoms. The maximum Gasteiger partial charge on any atom is 0.159 e. The molecule has 0 bridgehead atoms. The number of aliphatic imine (C=N–C) groups is 2. The van der Waals surface area contributed by atoms with Crippen molar-refractivity contribution in [2.45, 2.75) is 19.8 Å². The van der Waals surface area contributed by atoms with Gasteiger partial charge in [0.05, 0.1) is 11.4 Å². The van der Waals surface area contributed by atoms with Crippen molar-refractivity contribution in [1.29, 1.82) is 0 Å². The highest BCUT2D eigenvalue weighted by atomic mass is 14.9. The largest absolute Gasteiger partial charge is 0.256 e. The minimum absolute atomic E-state index is 0.533. The molecule has 252 valence electrons. The van der Waals surface area contributed by atoms with Crippen LogP contribution in [0.3, 0.4) is 0 Å². The number of aryl methyl sites for hydroxylation is 1. The van der Waals surface area contributed by atoms with Gasteiger partial charge in [-0.1, -0.05) is 166 Å². The molecule has 3 aromatic carbocycles. The van der Waals surface area contributed by atoms with Crippen LogP contribution in [-0.2, 0) is 6.42 Å². The lowest BCUT2D eigenvalue weighted by atomic mass is 9.96. The number of allylic oxidation sites excluding steroid dienone is 13. The van der Waals surface area contributed by atoms with Crippen LogP contribution < -0.4 is 0 Å². The summed E-state index contributed by atoms with van der Waals surface area (Å²) in [4.78, 5) is 14.1. The summed E-state index contributed by atoms with van der Waals surface area (Å²) in [6, 6.07) is 32.8. The van der Waals surface area contributed by atoms with Crippen LogP contribution in [-0.4, -0.2) is 17.0 Å². The third-order valence-corrected chi connectivity index (χ3v) is 7.88. The topological polar surface area (TPSA) is 37.6 Å². The lowest BCUT2D eigenvalue weighted by molar-refractivity contribution is 0.955. The molecule has 1 aromatic heterocycles. The molecule has 1 heterocycles. The highest BCUT2D eigenvalue weighted by Gasteiger charge is 2.09. The average molecular weight is 664 g/mol. The number of rotatable bonds is 16. The third kappa shape index (κ3) is 11.6. The molecule has 0 fully saturated rings. The highest BCUT2D eigenvalue weighted by molar-refractivity contribution is 6.05. The van der Waals surface area contributed by atoms with Crippen LogP contribution in [0, 0.1) is 0 Å². The molecule has 0 radical (unpaired) electrons. The Bertz CT molecular complexity index is 2060. The average Bonchev–Trinajstić information content (AvgIpc) is 3.16. The molecule has 51 heavy (non-hydrogen) atoms. The smallest absolute Gasteiger partial charge is 0.159 e. The Morgan fingerprint density at radius 3 is 2.24 bits per heavy atom. The molecule has 0 N–H and O–H groups in total. The van der Waals surface area contributed by atoms with Crippen molar-refractivity contribution in [3.63, 3.8) is 0 Å². The Kier molecular flexibility index (Phi) is 14.8. The van der Waals surface area contributed by atoms with Crippen molar-refractivity contribution >= 4 is 23.7 Å². The molecule has 0 amide bonds. The predicted molar refractivity (Wildman–Crippen MR) is 223 cm³/mol. The summed E-state index contributed by atoms with van der Waals surface area (Å²) >= 11 is 0. The Balaban J connectivity index is 1.61. The number of benzene rings is 3. The first kappa shape index (κ1) is 37.4. The Morgan fingerprint density at radius 1 is 0.765 bits per heavy atom. The zero-order valence-corrected chi connectivity index (χ0v) is 29.5. The van der Waals surface area contributed by atoms with Crippen molar-refractivity contribution in [1.82, 2.24) is 4.98 Å². The van der Waals surface area contributed by atoms with E-state index in [1.54, 1.807) is 18.4 Å². The summed E-state index contributed by atoms with van der Waals surface area (Å²) in [5.74, 6) is 0.533. The highest BCUT2D eigenvalue weighted by Crippen LogP contribution is 2.29. The van der Waals surface area contributed by atoms with Crippen molar-refractivity contribution < 1.29 is 0 Å². The monoisotopic (exact) mass is 663 g/mol. The van der Waals surface area contributed by atoms with E-state index in [0.717, 1.165) is 63.1 Å². The molecule has 0 aliphatic carbocycles. The van der Waals surface area contributed by atoms with Gasteiger partial charge in [-0.3, -0.25) is 4.98 Å². The van der Waals surface area contributed by atoms with Crippen LogP contribution >= 0.6 is 0 Å². The van der Waals surface area contributed by atoms with E-state index in [-0.39, 0.29) is 0 Å². The molecule has 0 saturated heterocycles. The molecule has 0 aliphatic heterocycles. The Morgan fingerprint density at radius 2 is 1.51 bits per heavy atom. The van der Waals surface area contributed by atoms with Crippen molar-refractivity contribution in [3.05, 3.63) is 236 Å². The van der Waals surface area contributed by atoms with Gasteiger partial charge in [0.15, 0.2) is 5.84 Å². The zero-order chi connectivity index (χ0) is 36.3. The molecular weight excluding hydrogens is 619 g/mol. The molecule has 4 aromatic rings. The second-order valence-electron chi connectivity index (χ2n) is 11.6. The SMILES string of the molecule is C=C/C=C(\C=C\C=NC(=NC(=C)C(=C)C)c1cccc(/C=C/C(=C\C=C)c2ccccc2-c2ccccn2)c1)C(=C/C=C)/CCc1ccccc1. The Labute approximate surface area is 304 Å². The van der Waals surface area contributed by atoms with E-state index < -0.39 is 0 Å². The second kappa shape index (κ2) is 20.2. The number of hydrogen-bond donors (Lipinski definition) is 0. The summed E-state index contributed by atoms with van der Waals surface area (Å²) in [5, 5.41) is 0. The molecule has 0 unspecified atom stereocenters. The second-order valence-corrected chi connectivity index (χ2v) is 11.6. The fourth-order valence-corrected chi connectivity index (χ4v) is 5.25. The molecular formula is C48H45N3. The van der Waals surface area contributed by atoms with Gasteiger partial charge in [0.2, 0.25) is 0 Å². The van der Waals surface area contributed by atoms with E-state index in [9.17, 15) is 0 Å². The molecule has 0 spiro atoms. The first-order valence-electron chi connectivity index (χ1n) is 16.9. The molecule has 3 nitrogen and oxygen atoms in total. The van der Waals surface area contributed by atoms with Gasteiger partial charge in [-0.15, -0.1) is 0 Å². The first-order chi connectivity index (χ1) is 24.9. The summed E-state index contributed by atoms with van der Waals surface area (Å²) in [7, 11) is 0. The first-order valence-corrected chi connectivity index (χ1v) is 16.9. The van der Waals surface area contributed by atoms with Crippen LogP contribution in [0.15, 0.2) is 223 Å². The Hall–Kier alpha value is -6.45. The number of hydrogen-bond acceptors (Lipinski definition) is 2. The van der Waals surface area contributed by atoms with E-state index in [1.165, 1.54) is 5.56 Å². The van der Waals surface area contributed by atoms with Crippen LogP contribution in [0.1, 0.15) is 35.6 Å².